The molecule has 0 fully saturated rings. The number of aliphatic hydroxyl groups is 1. The molecular weight excluding hydrogens is 806 g/mol. The second-order valence-electron chi connectivity index (χ2n) is 17.9. The number of ether oxygens (including phenoxy) is 2. The van der Waals surface area contributed by atoms with E-state index >= 15 is 0 Å². The number of furan rings is 1. The van der Waals surface area contributed by atoms with E-state index in [-0.39, 0.29) is 26.1 Å². The van der Waals surface area contributed by atoms with Gasteiger partial charge in [0.15, 0.2) is 6.10 Å². The number of rotatable bonds is 40. The van der Waals surface area contributed by atoms with Gasteiger partial charge in [0.05, 0.1) is 33.9 Å². The first-order chi connectivity index (χ1) is 29.7. The second-order valence-corrected chi connectivity index (χ2v) is 19.4. The van der Waals surface area contributed by atoms with Gasteiger partial charge in [-0.3, -0.25) is 18.6 Å². The Morgan fingerprint density at radius 2 is 1.24 bits per heavy atom. The van der Waals surface area contributed by atoms with Crippen LogP contribution in [0.4, 0.5) is 0 Å². The highest BCUT2D eigenvalue weighted by atomic mass is 31.2. The van der Waals surface area contributed by atoms with Crippen LogP contribution in [0.2, 0.25) is 0 Å². The molecule has 62 heavy (non-hydrogen) atoms. The number of likely N-dealkylation sites (N-methyl/N-ethyl adjacent to an activating group) is 1. The summed E-state index contributed by atoms with van der Waals surface area (Å²) in [6, 6.07) is 0. The van der Waals surface area contributed by atoms with Crippen molar-refractivity contribution in [2.24, 2.45) is 0 Å². The summed E-state index contributed by atoms with van der Waals surface area (Å²) in [6.07, 6.45) is 34.6. The Hall–Kier alpha value is -2.53. The Kier molecular flexibility index (Phi) is 33.2. The van der Waals surface area contributed by atoms with Gasteiger partial charge in [-0.1, -0.05) is 140 Å². The maximum Gasteiger partial charge on any atom is 0.472 e. The van der Waals surface area contributed by atoms with Crippen molar-refractivity contribution in [2.45, 2.75) is 200 Å². The molecule has 1 aromatic heterocycles. The van der Waals surface area contributed by atoms with Gasteiger partial charge in [0.1, 0.15) is 31.3 Å². The molecule has 11 nitrogen and oxygen atoms in total. The van der Waals surface area contributed by atoms with E-state index in [0.717, 1.165) is 70.6 Å². The number of quaternary nitrogens is 1. The van der Waals surface area contributed by atoms with Crippen LogP contribution in [0.5, 0.6) is 0 Å². The lowest BCUT2D eigenvalue weighted by Crippen LogP contribution is -2.37. The fourth-order valence-electron chi connectivity index (χ4n) is 6.91. The van der Waals surface area contributed by atoms with Gasteiger partial charge >= 0.3 is 19.8 Å². The van der Waals surface area contributed by atoms with Crippen LogP contribution >= 0.6 is 7.82 Å². The summed E-state index contributed by atoms with van der Waals surface area (Å²) in [7, 11) is 1.40. The van der Waals surface area contributed by atoms with Crippen LogP contribution in [-0.4, -0.2) is 86.1 Å². The van der Waals surface area contributed by atoms with E-state index in [2.05, 4.69) is 45.9 Å². The van der Waals surface area contributed by atoms with Gasteiger partial charge in [-0.25, -0.2) is 4.57 Å². The number of hydrogen-bond donors (Lipinski definition) is 2. The predicted octanol–water partition coefficient (Wildman–Crippen LogP) is 12.3. The van der Waals surface area contributed by atoms with Gasteiger partial charge in [0.25, 0.3) is 0 Å². The molecule has 0 bridgehead atoms. The topological polar surface area (TPSA) is 142 Å². The van der Waals surface area contributed by atoms with Crippen molar-refractivity contribution in [3.05, 3.63) is 59.1 Å². The number of aryl methyl sites for hydroxylation is 2. The summed E-state index contributed by atoms with van der Waals surface area (Å²) in [4.78, 5) is 35.6. The monoisotopic (exact) mass is 895 g/mol. The zero-order valence-corrected chi connectivity index (χ0v) is 41.1. The van der Waals surface area contributed by atoms with E-state index < -0.39 is 38.6 Å². The largest absolute Gasteiger partial charge is 0.472 e. The van der Waals surface area contributed by atoms with E-state index in [1.807, 2.05) is 39.4 Å². The Balaban J connectivity index is 2.34. The molecule has 2 unspecified atom stereocenters. The van der Waals surface area contributed by atoms with Crippen molar-refractivity contribution < 1.29 is 51.6 Å². The van der Waals surface area contributed by atoms with E-state index in [1.54, 1.807) is 0 Å². The number of esters is 2. The molecule has 0 aliphatic heterocycles. The average molecular weight is 895 g/mol. The van der Waals surface area contributed by atoms with Crippen molar-refractivity contribution in [3.8, 4) is 0 Å². The number of phosphoric acid groups is 1. The van der Waals surface area contributed by atoms with E-state index in [9.17, 15) is 24.2 Å². The molecule has 0 amide bonds. The lowest BCUT2D eigenvalue weighted by atomic mass is 10.0. The summed E-state index contributed by atoms with van der Waals surface area (Å²) < 4.78 is 40.6. The third-order valence-corrected chi connectivity index (χ3v) is 12.0. The summed E-state index contributed by atoms with van der Waals surface area (Å²) in [5.41, 5.74) is 2.68. The van der Waals surface area contributed by atoms with Gasteiger partial charge < -0.3 is 28.4 Å². The lowest BCUT2D eigenvalue weighted by Gasteiger charge is -2.24. The van der Waals surface area contributed by atoms with E-state index in [0.29, 0.717) is 30.3 Å². The van der Waals surface area contributed by atoms with Crippen molar-refractivity contribution >= 4 is 19.8 Å². The molecule has 12 heteroatoms. The van der Waals surface area contributed by atoms with Gasteiger partial charge in [-0.2, -0.15) is 0 Å². The number of carbonyl (C=O) groups is 2. The Morgan fingerprint density at radius 3 is 1.82 bits per heavy atom. The van der Waals surface area contributed by atoms with Crippen molar-refractivity contribution in [1.82, 2.24) is 0 Å². The number of aliphatic hydroxyl groups excluding tert-OH is 1. The molecule has 0 saturated heterocycles. The first-order valence-electron chi connectivity index (χ1n) is 24.2. The second kappa shape index (κ2) is 35.8. The highest BCUT2D eigenvalue weighted by molar-refractivity contribution is 7.47. The number of phosphoric ester groups is 1. The molecule has 1 aromatic rings. The fraction of sp³-hybridized carbons (Fsp3) is 0.760. The van der Waals surface area contributed by atoms with Crippen LogP contribution in [0.15, 0.2) is 40.9 Å². The molecule has 358 valence electrons. The highest BCUT2D eigenvalue weighted by Gasteiger charge is 2.27. The third kappa shape index (κ3) is 32.2. The van der Waals surface area contributed by atoms with Gasteiger partial charge in [0, 0.05) is 25.7 Å². The number of carbonyl (C=O) groups excluding carboxylic acids is 2. The molecule has 0 radical (unpaired) electrons. The quantitative estimate of drug-likeness (QED) is 0.0163. The molecule has 0 spiro atoms. The summed E-state index contributed by atoms with van der Waals surface area (Å²) in [5, 5.41) is 10.2. The molecule has 0 aromatic carbocycles. The number of unbranched alkanes of at least 4 members (excludes halogenated alkanes) is 15. The van der Waals surface area contributed by atoms with Crippen molar-refractivity contribution in [3.63, 3.8) is 0 Å². The third-order valence-electron chi connectivity index (χ3n) is 11.0. The van der Waals surface area contributed by atoms with Crippen LogP contribution in [0.1, 0.15) is 184 Å². The predicted molar refractivity (Wildman–Crippen MR) is 252 cm³/mol. The maximum absolute atomic E-state index is 12.8. The molecule has 0 saturated carbocycles. The van der Waals surface area contributed by atoms with Crippen molar-refractivity contribution in [1.29, 1.82) is 0 Å². The van der Waals surface area contributed by atoms with Crippen molar-refractivity contribution in [2.75, 3.05) is 47.5 Å². The minimum Gasteiger partial charge on any atom is -0.466 e. The molecule has 1 rings (SSSR count). The molecule has 0 aliphatic carbocycles. The minimum absolute atomic E-state index is 0.00930. The van der Waals surface area contributed by atoms with Crippen LogP contribution < -0.4 is 0 Å². The summed E-state index contributed by atoms with van der Waals surface area (Å²) >= 11 is 0. The van der Waals surface area contributed by atoms with Crippen LogP contribution in [-0.2, 0) is 45.5 Å². The summed E-state index contributed by atoms with van der Waals surface area (Å²) in [6.45, 7) is 8.52. The normalized spacial score (nSPS) is 14.3. The smallest absolute Gasteiger partial charge is 0.466 e. The van der Waals surface area contributed by atoms with Crippen LogP contribution in [0, 0.1) is 13.8 Å². The first kappa shape index (κ1) is 57.5. The van der Waals surface area contributed by atoms with Gasteiger partial charge in [0.2, 0.25) is 0 Å². The molecule has 2 N–H and O–H groups in total. The zero-order valence-electron chi connectivity index (χ0n) is 40.2. The van der Waals surface area contributed by atoms with E-state index in [1.165, 1.54) is 80.4 Å². The standard InChI is InChI=1S/C50H88NO10P/c1-8-10-12-13-18-22-28-33-45(52)34-29-23-21-26-31-37-49(53)57-41-46(42-59-62(55,56)58-40-39-51(5,6)7)60-50(54)38-32-25-20-17-15-14-16-19-24-30-36-48-44(4)43(3)47(61-48)35-27-11-9-2/h10,12,18,22,28,33,45-46,52H,8-9,11,13-17,19-21,23-27,29-32,34-42H2,1-7H3/p+1/b12-10+,22-18+,33-28+/t45?,46-/m1/s1. The zero-order chi connectivity index (χ0) is 45.9. The highest BCUT2D eigenvalue weighted by Crippen LogP contribution is 2.43. The van der Waals surface area contributed by atoms with Crippen LogP contribution in [0.3, 0.4) is 0 Å². The Labute approximate surface area is 377 Å². The lowest BCUT2D eigenvalue weighted by molar-refractivity contribution is -0.870. The average Bonchev–Trinajstić information content (AvgIpc) is 3.48. The fourth-order valence-corrected chi connectivity index (χ4v) is 7.65. The maximum atomic E-state index is 12.8. The summed E-state index contributed by atoms with van der Waals surface area (Å²) in [5.74, 6) is 1.48. The van der Waals surface area contributed by atoms with E-state index in [4.69, 9.17) is 22.9 Å². The molecule has 0 aliphatic rings. The minimum atomic E-state index is -4.41. The van der Waals surface area contributed by atoms with Gasteiger partial charge in [-0.15, -0.1) is 0 Å². The number of allylic oxidation sites excluding steroid dienone is 5. The Bertz CT molecular complexity index is 1450. The van der Waals surface area contributed by atoms with Crippen LogP contribution in [0.25, 0.3) is 0 Å². The number of nitrogens with zero attached hydrogens (tertiary/aromatic N) is 1. The first-order valence-corrected chi connectivity index (χ1v) is 25.7. The van der Waals surface area contributed by atoms with Gasteiger partial charge in [-0.05, 0) is 69.9 Å². The molecule has 1 heterocycles. The Morgan fingerprint density at radius 1 is 0.694 bits per heavy atom. The molecule has 3 atom stereocenters. The SMILES string of the molecule is CC/C=C/C/C=C/C=C/C(O)CCCCCCCC(=O)OC[C@H](COP(=O)(O)OCC[N+](C)(C)C)OC(=O)CCCCCCCCCCCCc1oc(CCCCC)c(C)c1C. The number of hydrogen-bond acceptors (Lipinski definition) is 9. The molecular formula is C50H89NO10P+.